The number of hydrogen-bond donors (Lipinski definition) is 1. The van der Waals surface area contributed by atoms with Crippen molar-refractivity contribution >= 4 is 32.2 Å². The summed E-state index contributed by atoms with van der Waals surface area (Å²) in [7, 11) is -2.13. The third-order valence-corrected chi connectivity index (χ3v) is 5.75. The monoisotopic (exact) mass is 284 g/mol. The minimum atomic E-state index is -3.62. The summed E-state index contributed by atoms with van der Waals surface area (Å²) in [5.41, 5.74) is 6.48. The molecule has 0 atom stereocenters. The van der Waals surface area contributed by atoms with Crippen molar-refractivity contribution in [2.45, 2.75) is 11.1 Å². The van der Waals surface area contributed by atoms with Crippen molar-refractivity contribution < 1.29 is 8.42 Å². The number of hydrogen-bond acceptors (Lipinski definition) is 6. The number of aromatic nitrogens is 2. The molecular formula is C10H12N4O2S2. The van der Waals surface area contributed by atoms with Crippen LogP contribution in [0.5, 0.6) is 0 Å². The van der Waals surface area contributed by atoms with Gasteiger partial charge in [0.1, 0.15) is 0 Å². The number of anilines is 2. The van der Waals surface area contributed by atoms with E-state index in [1.165, 1.54) is 23.7 Å². The second-order valence-electron chi connectivity index (χ2n) is 3.60. The van der Waals surface area contributed by atoms with E-state index in [1.807, 2.05) is 0 Å². The fraction of sp³-hybridized carbons (Fsp3) is 0.200. The molecule has 18 heavy (non-hydrogen) atoms. The SMILES string of the molecule is Cc1nc(N)sc1S(=O)(=O)N(C)c1ccncc1. The standard InChI is InChI=1S/C10H12N4O2S2/c1-7-9(17-10(11)13-7)18(15,16)14(2)8-3-5-12-6-4-8/h3-6H,1-2H3,(H2,11,13). The van der Waals surface area contributed by atoms with Crippen molar-refractivity contribution in [1.29, 1.82) is 0 Å². The lowest BCUT2D eigenvalue weighted by Crippen LogP contribution is -2.26. The number of nitrogens with zero attached hydrogens (tertiary/aromatic N) is 3. The highest BCUT2D eigenvalue weighted by Crippen LogP contribution is 2.29. The Hall–Kier alpha value is -1.67. The average molecular weight is 284 g/mol. The van der Waals surface area contributed by atoms with E-state index < -0.39 is 10.0 Å². The van der Waals surface area contributed by atoms with Crippen LogP contribution in [0.2, 0.25) is 0 Å². The van der Waals surface area contributed by atoms with Crippen molar-refractivity contribution in [2.75, 3.05) is 17.1 Å². The molecule has 0 amide bonds. The molecule has 2 rings (SSSR count). The number of pyridine rings is 1. The molecule has 0 radical (unpaired) electrons. The molecule has 2 heterocycles. The first-order chi connectivity index (χ1) is 8.43. The van der Waals surface area contributed by atoms with E-state index in [4.69, 9.17) is 5.73 Å². The highest BCUT2D eigenvalue weighted by molar-refractivity contribution is 7.94. The third-order valence-electron chi connectivity index (χ3n) is 2.39. The van der Waals surface area contributed by atoms with Crippen LogP contribution in [-0.4, -0.2) is 25.4 Å². The first-order valence-electron chi connectivity index (χ1n) is 5.05. The Kier molecular flexibility index (Phi) is 3.22. The first kappa shape index (κ1) is 12.8. The van der Waals surface area contributed by atoms with Gasteiger partial charge < -0.3 is 5.73 Å². The van der Waals surface area contributed by atoms with Gasteiger partial charge >= 0.3 is 0 Å². The van der Waals surface area contributed by atoms with Crippen molar-refractivity contribution in [3.8, 4) is 0 Å². The van der Waals surface area contributed by atoms with Gasteiger partial charge in [0.2, 0.25) is 0 Å². The fourth-order valence-electron chi connectivity index (χ4n) is 1.46. The van der Waals surface area contributed by atoms with Gasteiger partial charge in [0.15, 0.2) is 9.34 Å². The van der Waals surface area contributed by atoms with Gasteiger partial charge in [-0.25, -0.2) is 13.4 Å². The predicted molar refractivity (Wildman–Crippen MR) is 71.1 cm³/mol. The normalized spacial score (nSPS) is 11.4. The summed E-state index contributed by atoms with van der Waals surface area (Å²) >= 11 is 0.966. The molecule has 2 aromatic rings. The number of nitrogen functional groups attached to an aromatic ring is 1. The number of aryl methyl sites for hydroxylation is 1. The lowest BCUT2D eigenvalue weighted by molar-refractivity contribution is 0.595. The van der Waals surface area contributed by atoms with Crippen LogP contribution >= 0.6 is 11.3 Å². The van der Waals surface area contributed by atoms with Crippen LogP contribution in [0.4, 0.5) is 10.8 Å². The largest absolute Gasteiger partial charge is 0.375 e. The maximum atomic E-state index is 12.4. The van der Waals surface area contributed by atoms with Crippen molar-refractivity contribution in [2.24, 2.45) is 0 Å². The molecule has 2 N–H and O–H groups in total. The lowest BCUT2D eigenvalue weighted by Gasteiger charge is -2.18. The van der Waals surface area contributed by atoms with Gasteiger partial charge in [-0.05, 0) is 19.1 Å². The Morgan fingerprint density at radius 1 is 1.33 bits per heavy atom. The number of nitrogens with two attached hydrogens (primary N) is 1. The van der Waals surface area contributed by atoms with E-state index in [2.05, 4.69) is 9.97 Å². The Bertz CT molecular complexity index is 652. The van der Waals surface area contributed by atoms with Crippen molar-refractivity contribution in [3.63, 3.8) is 0 Å². The Labute approximate surface area is 109 Å². The zero-order valence-corrected chi connectivity index (χ0v) is 11.5. The third kappa shape index (κ3) is 2.16. The molecule has 0 fully saturated rings. The minimum absolute atomic E-state index is 0.166. The van der Waals surface area contributed by atoms with Crippen LogP contribution in [0.1, 0.15) is 5.69 Å². The smallest absolute Gasteiger partial charge is 0.275 e. The van der Waals surface area contributed by atoms with E-state index in [9.17, 15) is 8.42 Å². The zero-order chi connectivity index (χ0) is 13.3. The van der Waals surface area contributed by atoms with Crippen molar-refractivity contribution in [1.82, 2.24) is 9.97 Å². The molecule has 96 valence electrons. The molecule has 0 saturated heterocycles. The molecule has 0 aliphatic rings. The molecule has 0 bridgehead atoms. The topological polar surface area (TPSA) is 89.2 Å². The summed E-state index contributed by atoms with van der Waals surface area (Å²) in [6, 6.07) is 3.24. The van der Waals surface area contributed by atoms with Crippen LogP contribution < -0.4 is 10.0 Å². The molecule has 2 aromatic heterocycles. The summed E-state index contributed by atoms with van der Waals surface area (Å²) in [6.07, 6.45) is 3.07. The highest BCUT2D eigenvalue weighted by atomic mass is 32.2. The Balaban J connectivity index is 2.47. The van der Waals surface area contributed by atoms with Crippen LogP contribution in [0.15, 0.2) is 28.7 Å². The molecule has 0 aromatic carbocycles. The lowest BCUT2D eigenvalue weighted by atomic mass is 10.4. The molecular weight excluding hydrogens is 272 g/mol. The highest BCUT2D eigenvalue weighted by Gasteiger charge is 2.26. The zero-order valence-electron chi connectivity index (χ0n) is 9.86. The van der Waals surface area contributed by atoms with E-state index in [0.717, 1.165) is 11.3 Å². The fourth-order valence-corrected chi connectivity index (χ4v) is 4.10. The van der Waals surface area contributed by atoms with E-state index in [0.29, 0.717) is 11.4 Å². The van der Waals surface area contributed by atoms with Crippen molar-refractivity contribution in [3.05, 3.63) is 30.2 Å². The quantitative estimate of drug-likeness (QED) is 0.916. The molecule has 0 unspecified atom stereocenters. The molecule has 0 aliphatic heterocycles. The summed E-state index contributed by atoms with van der Waals surface area (Å²) in [4.78, 5) is 7.78. The van der Waals surface area contributed by atoms with Gasteiger partial charge in [0.25, 0.3) is 10.0 Å². The maximum absolute atomic E-state index is 12.4. The van der Waals surface area contributed by atoms with Gasteiger partial charge in [-0.2, -0.15) is 0 Å². The number of thiazole rings is 1. The number of sulfonamides is 1. The molecule has 0 spiro atoms. The first-order valence-corrected chi connectivity index (χ1v) is 7.30. The molecule has 0 saturated carbocycles. The summed E-state index contributed by atoms with van der Waals surface area (Å²) in [5.74, 6) is 0. The van der Waals surface area contributed by atoms with E-state index in [1.54, 1.807) is 19.1 Å². The van der Waals surface area contributed by atoms with Crippen LogP contribution in [-0.2, 0) is 10.0 Å². The number of rotatable bonds is 3. The van der Waals surface area contributed by atoms with Gasteiger partial charge in [-0.3, -0.25) is 9.29 Å². The van der Waals surface area contributed by atoms with Crippen LogP contribution in [0.3, 0.4) is 0 Å². The Morgan fingerprint density at radius 2 is 1.94 bits per heavy atom. The average Bonchev–Trinajstić information content (AvgIpc) is 2.69. The summed E-state index contributed by atoms with van der Waals surface area (Å²) in [5, 5.41) is 0.245. The predicted octanol–water partition coefficient (Wildman–Crippen LogP) is 1.25. The summed E-state index contributed by atoms with van der Waals surface area (Å²) < 4.78 is 26.1. The Morgan fingerprint density at radius 3 is 2.44 bits per heavy atom. The summed E-state index contributed by atoms with van der Waals surface area (Å²) in [6.45, 7) is 1.63. The van der Waals surface area contributed by atoms with Gasteiger partial charge in [0, 0.05) is 19.4 Å². The van der Waals surface area contributed by atoms with Gasteiger partial charge in [0.05, 0.1) is 11.4 Å². The minimum Gasteiger partial charge on any atom is -0.375 e. The van der Waals surface area contributed by atoms with Gasteiger partial charge in [-0.1, -0.05) is 11.3 Å². The van der Waals surface area contributed by atoms with Crippen LogP contribution in [0.25, 0.3) is 0 Å². The van der Waals surface area contributed by atoms with Crippen LogP contribution in [0, 0.1) is 6.92 Å². The maximum Gasteiger partial charge on any atom is 0.275 e. The van der Waals surface area contributed by atoms with Gasteiger partial charge in [-0.15, -0.1) is 0 Å². The molecule has 8 heteroatoms. The molecule has 6 nitrogen and oxygen atoms in total. The van der Waals surface area contributed by atoms with E-state index in [-0.39, 0.29) is 9.34 Å². The second kappa shape index (κ2) is 4.54. The van der Waals surface area contributed by atoms with E-state index >= 15 is 0 Å². The second-order valence-corrected chi connectivity index (χ2v) is 6.80. The molecule has 0 aliphatic carbocycles.